The van der Waals surface area contributed by atoms with Crippen molar-refractivity contribution in [2.75, 3.05) is 5.73 Å². The summed E-state index contributed by atoms with van der Waals surface area (Å²) in [7, 11) is 0. The lowest BCUT2D eigenvalue weighted by molar-refractivity contribution is 0.631. The Bertz CT molecular complexity index is 459. The topological polar surface area (TPSA) is 69.6 Å². The molecule has 0 aliphatic carbocycles. The predicted octanol–water partition coefficient (Wildman–Crippen LogP) is 1.60. The molecule has 15 heavy (non-hydrogen) atoms. The summed E-state index contributed by atoms with van der Waals surface area (Å²) in [5.74, 6) is 0.598. The van der Waals surface area contributed by atoms with Gasteiger partial charge in [0.05, 0.1) is 10.6 Å². The molecule has 78 valence electrons. The van der Waals surface area contributed by atoms with E-state index in [2.05, 4.69) is 15.5 Å². The molecule has 0 aliphatic heterocycles. The zero-order valence-electron chi connectivity index (χ0n) is 8.18. The summed E-state index contributed by atoms with van der Waals surface area (Å²) in [5.41, 5.74) is 7.10. The molecule has 0 saturated heterocycles. The van der Waals surface area contributed by atoms with E-state index in [0.717, 1.165) is 0 Å². The SMILES string of the molecule is CCn1nnnc1-c1c(N)cccc1Cl. The Morgan fingerprint density at radius 2 is 2.27 bits per heavy atom. The van der Waals surface area contributed by atoms with E-state index >= 15 is 0 Å². The molecule has 5 nitrogen and oxygen atoms in total. The van der Waals surface area contributed by atoms with Crippen molar-refractivity contribution in [3.8, 4) is 11.4 Å². The first-order valence-corrected chi connectivity index (χ1v) is 4.92. The summed E-state index contributed by atoms with van der Waals surface area (Å²) < 4.78 is 1.65. The standard InChI is InChI=1S/C9H10ClN5/c1-2-15-9(12-13-14-15)8-6(10)4-3-5-7(8)11/h3-5H,2,11H2,1H3. The molecule has 0 amide bonds. The number of nitrogen functional groups attached to an aromatic ring is 1. The minimum absolute atomic E-state index is 0.555. The molecule has 0 radical (unpaired) electrons. The Balaban J connectivity index is 2.63. The average molecular weight is 224 g/mol. The molecule has 1 aromatic carbocycles. The third-order valence-electron chi connectivity index (χ3n) is 2.10. The Labute approximate surface area is 91.8 Å². The minimum atomic E-state index is 0.555. The smallest absolute Gasteiger partial charge is 0.185 e. The second kappa shape index (κ2) is 3.86. The van der Waals surface area contributed by atoms with Gasteiger partial charge in [-0.3, -0.25) is 0 Å². The van der Waals surface area contributed by atoms with Crippen LogP contribution < -0.4 is 5.73 Å². The molecule has 6 heteroatoms. The molecule has 1 aromatic heterocycles. The summed E-state index contributed by atoms with van der Waals surface area (Å²) in [6.45, 7) is 2.62. The van der Waals surface area contributed by atoms with Crippen molar-refractivity contribution in [1.29, 1.82) is 0 Å². The second-order valence-electron chi connectivity index (χ2n) is 3.02. The number of aromatic nitrogens is 4. The molecule has 2 rings (SSSR count). The largest absolute Gasteiger partial charge is 0.398 e. The molecule has 0 unspecified atom stereocenters. The fraction of sp³-hybridized carbons (Fsp3) is 0.222. The number of hydrogen-bond acceptors (Lipinski definition) is 4. The highest BCUT2D eigenvalue weighted by molar-refractivity contribution is 6.33. The monoisotopic (exact) mass is 223 g/mol. The molecule has 1 heterocycles. The zero-order chi connectivity index (χ0) is 10.8. The van der Waals surface area contributed by atoms with Crippen LogP contribution in [-0.2, 0) is 6.54 Å². The fourth-order valence-electron chi connectivity index (χ4n) is 1.37. The van der Waals surface area contributed by atoms with Gasteiger partial charge in [-0.05, 0) is 29.5 Å². The third-order valence-corrected chi connectivity index (χ3v) is 2.42. The van der Waals surface area contributed by atoms with E-state index in [4.69, 9.17) is 17.3 Å². The number of rotatable bonds is 2. The maximum absolute atomic E-state index is 6.06. The summed E-state index contributed by atoms with van der Waals surface area (Å²) in [6, 6.07) is 5.33. The first-order chi connectivity index (χ1) is 7.24. The van der Waals surface area contributed by atoms with Crippen LogP contribution in [0.5, 0.6) is 0 Å². The van der Waals surface area contributed by atoms with Gasteiger partial charge in [0.25, 0.3) is 0 Å². The summed E-state index contributed by atoms with van der Waals surface area (Å²) in [6.07, 6.45) is 0. The van der Waals surface area contributed by atoms with E-state index in [1.54, 1.807) is 22.9 Å². The van der Waals surface area contributed by atoms with Crippen LogP contribution in [0, 0.1) is 0 Å². The fourth-order valence-corrected chi connectivity index (χ4v) is 1.64. The Morgan fingerprint density at radius 3 is 2.93 bits per heavy atom. The normalized spacial score (nSPS) is 10.5. The van der Waals surface area contributed by atoms with E-state index in [1.807, 2.05) is 6.92 Å². The lowest BCUT2D eigenvalue weighted by Gasteiger charge is -2.06. The van der Waals surface area contributed by atoms with E-state index in [9.17, 15) is 0 Å². The van der Waals surface area contributed by atoms with Crippen molar-refractivity contribution in [2.45, 2.75) is 13.5 Å². The van der Waals surface area contributed by atoms with Crippen LogP contribution in [0.4, 0.5) is 5.69 Å². The van der Waals surface area contributed by atoms with Crippen LogP contribution in [-0.4, -0.2) is 20.2 Å². The van der Waals surface area contributed by atoms with Crippen molar-refractivity contribution in [3.05, 3.63) is 23.2 Å². The van der Waals surface area contributed by atoms with Gasteiger partial charge < -0.3 is 5.73 Å². The van der Waals surface area contributed by atoms with E-state index < -0.39 is 0 Å². The molecule has 0 aliphatic rings. The molecule has 2 N–H and O–H groups in total. The molecular formula is C9H10ClN5. The number of hydrogen-bond donors (Lipinski definition) is 1. The highest BCUT2D eigenvalue weighted by Crippen LogP contribution is 2.30. The predicted molar refractivity (Wildman–Crippen MR) is 58.3 cm³/mol. The van der Waals surface area contributed by atoms with Crippen LogP contribution in [0.1, 0.15) is 6.92 Å². The van der Waals surface area contributed by atoms with Gasteiger partial charge in [0, 0.05) is 12.2 Å². The number of nitrogens with two attached hydrogens (primary N) is 1. The Hall–Kier alpha value is -1.62. The van der Waals surface area contributed by atoms with Crippen molar-refractivity contribution in [2.24, 2.45) is 0 Å². The van der Waals surface area contributed by atoms with Crippen molar-refractivity contribution in [3.63, 3.8) is 0 Å². The van der Waals surface area contributed by atoms with Gasteiger partial charge in [-0.1, -0.05) is 17.7 Å². The Kier molecular flexibility index (Phi) is 2.55. The van der Waals surface area contributed by atoms with Gasteiger partial charge in [-0.15, -0.1) is 5.10 Å². The molecule has 0 bridgehead atoms. The lowest BCUT2D eigenvalue weighted by atomic mass is 10.1. The van der Waals surface area contributed by atoms with Crippen molar-refractivity contribution in [1.82, 2.24) is 20.2 Å². The summed E-state index contributed by atoms with van der Waals surface area (Å²) >= 11 is 6.06. The number of benzene rings is 1. The minimum Gasteiger partial charge on any atom is -0.398 e. The van der Waals surface area contributed by atoms with Crippen LogP contribution in [0.25, 0.3) is 11.4 Å². The Morgan fingerprint density at radius 1 is 1.47 bits per heavy atom. The zero-order valence-corrected chi connectivity index (χ0v) is 8.94. The molecule has 0 atom stereocenters. The summed E-state index contributed by atoms with van der Waals surface area (Å²) in [4.78, 5) is 0. The van der Waals surface area contributed by atoms with E-state index in [-0.39, 0.29) is 0 Å². The van der Waals surface area contributed by atoms with Crippen molar-refractivity contribution < 1.29 is 0 Å². The number of anilines is 1. The highest BCUT2D eigenvalue weighted by atomic mass is 35.5. The van der Waals surface area contributed by atoms with Crippen LogP contribution >= 0.6 is 11.6 Å². The molecule has 0 saturated carbocycles. The first-order valence-electron chi connectivity index (χ1n) is 4.54. The maximum atomic E-state index is 6.06. The quantitative estimate of drug-likeness (QED) is 0.785. The van der Waals surface area contributed by atoms with E-state index in [0.29, 0.717) is 28.6 Å². The van der Waals surface area contributed by atoms with Crippen LogP contribution in [0.3, 0.4) is 0 Å². The third kappa shape index (κ3) is 1.66. The van der Waals surface area contributed by atoms with Crippen LogP contribution in [0.15, 0.2) is 18.2 Å². The number of nitrogens with zero attached hydrogens (tertiary/aromatic N) is 4. The highest BCUT2D eigenvalue weighted by Gasteiger charge is 2.14. The maximum Gasteiger partial charge on any atom is 0.185 e. The van der Waals surface area contributed by atoms with Gasteiger partial charge in [-0.2, -0.15) is 0 Å². The summed E-state index contributed by atoms with van der Waals surface area (Å²) in [5, 5.41) is 11.9. The van der Waals surface area contributed by atoms with E-state index in [1.165, 1.54) is 0 Å². The number of halogens is 1. The lowest BCUT2D eigenvalue weighted by Crippen LogP contribution is -2.02. The first kappa shape index (κ1) is 9.92. The second-order valence-corrected chi connectivity index (χ2v) is 3.43. The van der Waals surface area contributed by atoms with Crippen molar-refractivity contribution >= 4 is 17.3 Å². The van der Waals surface area contributed by atoms with Gasteiger partial charge in [-0.25, -0.2) is 4.68 Å². The molecule has 0 fully saturated rings. The molecule has 2 aromatic rings. The number of tetrazole rings is 1. The molecule has 0 spiro atoms. The number of aryl methyl sites for hydroxylation is 1. The van der Waals surface area contributed by atoms with Crippen LogP contribution in [0.2, 0.25) is 5.02 Å². The van der Waals surface area contributed by atoms with Gasteiger partial charge >= 0.3 is 0 Å². The average Bonchev–Trinajstić information content (AvgIpc) is 2.65. The van der Waals surface area contributed by atoms with Gasteiger partial charge in [0.1, 0.15) is 0 Å². The van der Waals surface area contributed by atoms with Gasteiger partial charge in [0.15, 0.2) is 5.82 Å². The molecular weight excluding hydrogens is 214 g/mol. The van der Waals surface area contributed by atoms with Gasteiger partial charge in [0.2, 0.25) is 0 Å².